The van der Waals surface area contributed by atoms with Gasteiger partial charge in [-0.2, -0.15) is 5.10 Å². The molecule has 1 amide bonds. The van der Waals surface area contributed by atoms with Crippen LogP contribution < -0.4 is 10.2 Å². The lowest BCUT2D eigenvalue weighted by Crippen LogP contribution is -2.24. The molecule has 4 nitrogen and oxygen atoms in total. The highest BCUT2D eigenvalue weighted by Crippen LogP contribution is 2.26. The number of carbonyl (C=O) groups is 1. The molecular formula is C20H23BrN2O2. The van der Waals surface area contributed by atoms with Gasteiger partial charge in [-0.1, -0.05) is 30.7 Å². The molecule has 0 aliphatic carbocycles. The third kappa shape index (κ3) is 5.43. The normalized spacial score (nSPS) is 10.9. The number of rotatable bonds is 6. The summed E-state index contributed by atoms with van der Waals surface area (Å²) < 4.78 is 6.37. The Morgan fingerprint density at radius 3 is 2.48 bits per heavy atom. The van der Waals surface area contributed by atoms with Crippen LogP contribution in [-0.2, 0) is 11.2 Å². The highest BCUT2D eigenvalue weighted by Gasteiger charge is 2.06. The molecule has 0 fully saturated rings. The Hall–Kier alpha value is -2.14. The van der Waals surface area contributed by atoms with Crippen molar-refractivity contribution in [2.24, 2.45) is 5.10 Å². The highest BCUT2D eigenvalue weighted by molar-refractivity contribution is 9.10. The summed E-state index contributed by atoms with van der Waals surface area (Å²) in [5.74, 6) is 0.340. The average Bonchev–Trinajstić information content (AvgIpc) is 2.56. The summed E-state index contributed by atoms with van der Waals surface area (Å²) in [6.07, 6.45) is 2.62. The quantitative estimate of drug-likeness (QED) is 0.572. The van der Waals surface area contributed by atoms with Crippen molar-refractivity contribution in [3.63, 3.8) is 0 Å². The lowest BCUT2D eigenvalue weighted by molar-refractivity contribution is -0.123. The SMILES string of the molecule is CCc1ccc(OCC(=O)NN=Cc2c(C)cc(C)cc2C)c(Br)c1. The topological polar surface area (TPSA) is 50.7 Å². The van der Waals surface area contributed by atoms with E-state index in [0.717, 1.165) is 27.6 Å². The Labute approximate surface area is 157 Å². The van der Waals surface area contributed by atoms with E-state index >= 15 is 0 Å². The number of nitrogens with one attached hydrogen (secondary N) is 1. The maximum Gasteiger partial charge on any atom is 0.277 e. The van der Waals surface area contributed by atoms with Crippen LogP contribution in [0, 0.1) is 20.8 Å². The van der Waals surface area contributed by atoms with Crippen LogP contribution in [-0.4, -0.2) is 18.7 Å². The largest absolute Gasteiger partial charge is 0.483 e. The monoisotopic (exact) mass is 402 g/mol. The number of nitrogens with zero attached hydrogens (tertiary/aromatic N) is 1. The summed E-state index contributed by atoms with van der Waals surface area (Å²) in [6, 6.07) is 10.0. The van der Waals surface area contributed by atoms with E-state index < -0.39 is 0 Å². The molecular weight excluding hydrogens is 380 g/mol. The molecule has 0 bridgehead atoms. The molecule has 0 aliphatic rings. The van der Waals surface area contributed by atoms with E-state index in [1.54, 1.807) is 6.21 Å². The summed E-state index contributed by atoms with van der Waals surface area (Å²) >= 11 is 3.46. The van der Waals surface area contributed by atoms with Crippen LogP contribution in [0.15, 0.2) is 39.9 Å². The van der Waals surface area contributed by atoms with Gasteiger partial charge in [0.25, 0.3) is 5.91 Å². The van der Waals surface area contributed by atoms with Crippen molar-refractivity contribution in [3.8, 4) is 5.75 Å². The fourth-order valence-corrected chi connectivity index (χ4v) is 3.16. The molecule has 2 aromatic carbocycles. The second-order valence-corrected chi connectivity index (χ2v) is 6.87. The van der Waals surface area contributed by atoms with Crippen molar-refractivity contribution in [2.75, 3.05) is 6.61 Å². The third-order valence-corrected chi connectivity index (χ3v) is 4.50. The van der Waals surface area contributed by atoms with Gasteiger partial charge in [0.15, 0.2) is 6.61 Å². The first-order valence-corrected chi connectivity index (χ1v) is 9.01. The van der Waals surface area contributed by atoms with Crippen LogP contribution in [0.4, 0.5) is 0 Å². The molecule has 0 spiro atoms. The summed E-state index contributed by atoms with van der Waals surface area (Å²) in [6.45, 7) is 8.12. The van der Waals surface area contributed by atoms with Gasteiger partial charge >= 0.3 is 0 Å². The van der Waals surface area contributed by atoms with Crippen LogP contribution in [0.2, 0.25) is 0 Å². The molecule has 0 saturated carbocycles. The first kappa shape index (κ1) is 19.2. The second-order valence-electron chi connectivity index (χ2n) is 6.01. The molecule has 0 aliphatic heterocycles. The van der Waals surface area contributed by atoms with E-state index in [9.17, 15) is 4.79 Å². The molecule has 2 rings (SSSR count). The molecule has 0 saturated heterocycles. The van der Waals surface area contributed by atoms with Gasteiger partial charge < -0.3 is 4.74 Å². The summed E-state index contributed by atoms with van der Waals surface area (Å²) in [7, 11) is 0. The van der Waals surface area contributed by atoms with Gasteiger partial charge in [0, 0.05) is 5.56 Å². The first-order chi connectivity index (χ1) is 11.9. The second kappa shape index (κ2) is 8.81. The molecule has 0 heterocycles. The van der Waals surface area contributed by atoms with Gasteiger partial charge in [0.05, 0.1) is 10.7 Å². The number of halogens is 1. The van der Waals surface area contributed by atoms with Gasteiger partial charge in [-0.05, 0) is 71.9 Å². The number of hydrazone groups is 1. The fraction of sp³-hybridized carbons (Fsp3) is 0.300. The molecule has 2 aromatic rings. The Morgan fingerprint density at radius 1 is 1.20 bits per heavy atom. The maximum atomic E-state index is 11.9. The predicted octanol–water partition coefficient (Wildman–Crippen LogP) is 4.47. The lowest BCUT2D eigenvalue weighted by atomic mass is 10.0. The molecule has 0 aromatic heterocycles. The summed E-state index contributed by atoms with van der Waals surface area (Å²) in [5.41, 5.74) is 8.20. The van der Waals surface area contributed by atoms with Crippen LogP contribution in [0.3, 0.4) is 0 Å². The molecule has 1 N–H and O–H groups in total. The minimum absolute atomic E-state index is 0.0900. The van der Waals surface area contributed by atoms with E-state index in [1.807, 2.05) is 32.0 Å². The zero-order valence-corrected chi connectivity index (χ0v) is 16.6. The lowest BCUT2D eigenvalue weighted by Gasteiger charge is -2.09. The van der Waals surface area contributed by atoms with Crippen molar-refractivity contribution in [1.29, 1.82) is 0 Å². The molecule has 0 radical (unpaired) electrons. The number of ether oxygens (including phenoxy) is 1. The van der Waals surface area contributed by atoms with Gasteiger partial charge in [-0.15, -0.1) is 0 Å². The van der Waals surface area contributed by atoms with Gasteiger partial charge in [-0.25, -0.2) is 5.43 Å². The number of benzene rings is 2. The Bertz CT molecular complexity index is 777. The maximum absolute atomic E-state index is 11.9. The molecule has 0 unspecified atom stereocenters. The third-order valence-electron chi connectivity index (χ3n) is 3.88. The van der Waals surface area contributed by atoms with Crippen molar-refractivity contribution < 1.29 is 9.53 Å². The van der Waals surface area contributed by atoms with Crippen molar-refractivity contribution >= 4 is 28.1 Å². The average molecular weight is 403 g/mol. The zero-order valence-electron chi connectivity index (χ0n) is 15.0. The van der Waals surface area contributed by atoms with Gasteiger partial charge in [0.1, 0.15) is 5.75 Å². The van der Waals surface area contributed by atoms with Crippen molar-refractivity contribution in [2.45, 2.75) is 34.1 Å². The van der Waals surface area contributed by atoms with Crippen LogP contribution in [0.1, 0.15) is 34.7 Å². The van der Waals surface area contributed by atoms with Crippen molar-refractivity contribution in [1.82, 2.24) is 5.43 Å². The summed E-state index contributed by atoms with van der Waals surface area (Å²) in [5, 5.41) is 4.04. The smallest absolute Gasteiger partial charge is 0.277 e. The van der Waals surface area contributed by atoms with Crippen LogP contribution in [0.5, 0.6) is 5.75 Å². The first-order valence-electron chi connectivity index (χ1n) is 8.21. The number of hydrogen-bond donors (Lipinski definition) is 1. The molecule has 5 heteroatoms. The number of hydrogen-bond acceptors (Lipinski definition) is 3. The van der Waals surface area contributed by atoms with E-state index in [0.29, 0.717) is 5.75 Å². The van der Waals surface area contributed by atoms with E-state index in [2.05, 4.69) is 52.4 Å². The van der Waals surface area contributed by atoms with E-state index in [4.69, 9.17) is 4.74 Å². The zero-order chi connectivity index (χ0) is 18.4. The molecule has 25 heavy (non-hydrogen) atoms. The van der Waals surface area contributed by atoms with E-state index in [-0.39, 0.29) is 12.5 Å². The molecule has 0 atom stereocenters. The van der Waals surface area contributed by atoms with Crippen molar-refractivity contribution in [3.05, 3.63) is 62.6 Å². The van der Waals surface area contributed by atoms with Crippen LogP contribution >= 0.6 is 15.9 Å². The van der Waals surface area contributed by atoms with E-state index in [1.165, 1.54) is 11.1 Å². The van der Waals surface area contributed by atoms with Crippen LogP contribution in [0.25, 0.3) is 0 Å². The van der Waals surface area contributed by atoms with Gasteiger partial charge in [0.2, 0.25) is 0 Å². The summed E-state index contributed by atoms with van der Waals surface area (Å²) in [4.78, 5) is 11.9. The fourth-order valence-electron chi connectivity index (χ4n) is 2.62. The molecule has 132 valence electrons. The minimum atomic E-state index is -0.301. The Morgan fingerprint density at radius 2 is 1.88 bits per heavy atom. The number of amides is 1. The standard InChI is InChI=1S/C20H23BrN2O2/c1-5-16-6-7-19(18(21)10-16)25-12-20(24)23-22-11-17-14(3)8-13(2)9-15(17)4/h6-11H,5,12H2,1-4H3,(H,23,24). The Kier molecular flexibility index (Phi) is 6.76. The van der Waals surface area contributed by atoms with Gasteiger partial charge in [-0.3, -0.25) is 4.79 Å². The number of carbonyl (C=O) groups excluding carboxylic acids is 1. The minimum Gasteiger partial charge on any atom is -0.483 e. The predicted molar refractivity (Wildman–Crippen MR) is 105 cm³/mol. The number of aryl methyl sites for hydroxylation is 4. The highest BCUT2D eigenvalue weighted by atomic mass is 79.9. The Balaban J connectivity index is 1.91.